The molecule has 0 radical (unpaired) electrons. The number of hydrogen-bond donors (Lipinski definition) is 1. The molecule has 2 aliphatic heterocycles. The Morgan fingerprint density at radius 2 is 2.00 bits per heavy atom. The minimum atomic E-state index is 0.534. The van der Waals surface area contributed by atoms with Crippen molar-refractivity contribution in [2.24, 2.45) is 0 Å². The molecule has 2 rings (SSSR count). The smallest absolute Gasteiger partial charge is 0.0337 e. The molecule has 1 atom stereocenters. The Kier molecular flexibility index (Phi) is 2.61. The fourth-order valence-electron chi connectivity index (χ4n) is 3.18. The van der Waals surface area contributed by atoms with Crippen molar-refractivity contribution in [1.29, 1.82) is 0 Å². The molecule has 2 fully saturated rings. The number of rotatable bonds is 1. The summed E-state index contributed by atoms with van der Waals surface area (Å²) < 4.78 is 0. The number of nitrogens with one attached hydrogen (secondary N) is 1. The molecular weight excluding hydrogens is 160 g/mol. The highest BCUT2D eigenvalue weighted by Gasteiger charge is 2.42. The van der Waals surface area contributed by atoms with Crippen LogP contribution in [0.1, 0.15) is 39.5 Å². The normalized spacial score (nSPS) is 36.2. The van der Waals surface area contributed by atoms with Crippen LogP contribution in [0, 0.1) is 0 Å². The Morgan fingerprint density at radius 1 is 1.23 bits per heavy atom. The first-order chi connectivity index (χ1) is 6.25. The van der Waals surface area contributed by atoms with Gasteiger partial charge in [-0.3, -0.25) is 4.90 Å². The molecule has 1 unspecified atom stereocenters. The fraction of sp³-hybridized carbons (Fsp3) is 1.00. The van der Waals surface area contributed by atoms with Crippen LogP contribution in [-0.4, -0.2) is 36.1 Å². The molecule has 0 bridgehead atoms. The third-order valence-corrected chi connectivity index (χ3v) is 3.72. The Bertz CT molecular complexity index is 171. The van der Waals surface area contributed by atoms with Crippen molar-refractivity contribution >= 4 is 0 Å². The highest BCUT2D eigenvalue weighted by Crippen LogP contribution is 2.35. The molecule has 0 aliphatic carbocycles. The van der Waals surface area contributed by atoms with Crippen LogP contribution in [0.2, 0.25) is 0 Å². The van der Waals surface area contributed by atoms with E-state index in [4.69, 9.17) is 0 Å². The van der Waals surface area contributed by atoms with Crippen LogP contribution in [0.4, 0.5) is 0 Å². The van der Waals surface area contributed by atoms with Crippen molar-refractivity contribution in [3.63, 3.8) is 0 Å². The van der Waals surface area contributed by atoms with Crippen LogP contribution in [0.3, 0.4) is 0 Å². The molecule has 0 amide bonds. The van der Waals surface area contributed by atoms with Gasteiger partial charge < -0.3 is 5.32 Å². The topological polar surface area (TPSA) is 15.3 Å². The van der Waals surface area contributed by atoms with E-state index in [0.29, 0.717) is 5.54 Å². The molecule has 0 aromatic rings. The van der Waals surface area contributed by atoms with Gasteiger partial charge in [-0.15, -0.1) is 0 Å². The summed E-state index contributed by atoms with van der Waals surface area (Å²) >= 11 is 0. The van der Waals surface area contributed by atoms with Crippen LogP contribution in [-0.2, 0) is 0 Å². The van der Waals surface area contributed by atoms with Crippen molar-refractivity contribution in [2.45, 2.75) is 51.1 Å². The van der Waals surface area contributed by atoms with Crippen molar-refractivity contribution < 1.29 is 0 Å². The zero-order chi connectivity index (χ0) is 9.31. The van der Waals surface area contributed by atoms with Crippen molar-refractivity contribution in [2.75, 3.05) is 19.6 Å². The lowest BCUT2D eigenvalue weighted by molar-refractivity contribution is 0.0762. The van der Waals surface area contributed by atoms with Gasteiger partial charge in [-0.05, 0) is 52.6 Å². The quantitative estimate of drug-likeness (QED) is 0.663. The first-order valence-electron chi connectivity index (χ1n) is 5.72. The van der Waals surface area contributed by atoms with Gasteiger partial charge >= 0.3 is 0 Å². The van der Waals surface area contributed by atoms with E-state index in [1.807, 2.05) is 0 Å². The molecule has 0 aromatic carbocycles. The Labute approximate surface area is 81.7 Å². The van der Waals surface area contributed by atoms with Crippen LogP contribution < -0.4 is 5.32 Å². The SMILES string of the molecule is CC(C)N1CCCC12CCCNC2. The van der Waals surface area contributed by atoms with Crippen LogP contribution in [0.5, 0.6) is 0 Å². The maximum absolute atomic E-state index is 3.56. The molecule has 2 heteroatoms. The van der Waals surface area contributed by atoms with E-state index in [0.717, 1.165) is 6.04 Å². The predicted octanol–water partition coefficient (Wildman–Crippen LogP) is 1.61. The Balaban J connectivity index is 2.09. The minimum Gasteiger partial charge on any atom is -0.315 e. The number of hydrogen-bond acceptors (Lipinski definition) is 2. The lowest BCUT2D eigenvalue weighted by Gasteiger charge is -2.44. The molecule has 2 saturated heterocycles. The fourth-order valence-corrected chi connectivity index (χ4v) is 3.18. The predicted molar refractivity (Wildman–Crippen MR) is 55.9 cm³/mol. The highest BCUT2D eigenvalue weighted by atomic mass is 15.3. The zero-order valence-corrected chi connectivity index (χ0v) is 8.97. The summed E-state index contributed by atoms with van der Waals surface area (Å²) in [5, 5.41) is 3.56. The molecule has 1 N–H and O–H groups in total. The second-order valence-electron chi connectivity index (χ2n) is 4.90. The maximum atomic E-state index is 3.56. The molecular formula is C11H22N2. The molecule has 76 valence electrons. The summed E-state index contributed by atoms with van der Waals surface area (Å²) in [4.78, 5) is 2.72. The van der Waals surface area contributed by atoms with E-state index in [2.05, 4.69) is 24.1 Å². The van der Waals surface area contributed by atoms with Gasteiger partial charge in [0.05, 0.1) is 0 Å². The molecule has 2 heterocycles. The monoisotopic (exact) mass is 182 g/mol. The third-order valence-electron chi connectivity index (χ3n) is 3.72. The van der Waals surface area contributed by atoms with Crippen LogP contribution in [0.15, 0.2) is 0 Å². The average Bonchev–Trinajstić information content (AvgIpc) is 2.50. The van der Waals surface area contributed by atoms with Crippen LogP contribution >= 0.6 is 0 Å². The van der Waals surface area contributed by atoms with E-state index < -0.39 is 0 Å². The molecule has 2 nitrogen and oxygen atoms in total. The van der Waals surface area contributed by atoms with Crippen molar-refractivity contribution in [3.05, 3.63) is 0 Å². The summed E-state index contributed by atoms with van der Waals surface area (Å²) in [5.41, 5.74) is 0.534. The van der Waals surface area contributed by atoms with Gasteiger partial charge in [-0.1, -0.05) is 0 Å². The van der Waals surface area contributed by atoms with E-state index in [-0.39, 0.29) is 0 Å². The van der Waals surface area contributed by atoms with Gasteiger partial charge in [0.2, 0.25) is 0 Å². The molecule has 0 saturated carbocycles. The highest BCUT2D eigenvalue weighted by molar-refractivity contribution is 5.00. The van der Waals surface area contributed by atoms with Gasteiger partial charge in [0.25, 0.3) is 0 Å². The molecule has 13 heavy (non-hydrogen) atoms. The minimum absolute atomic E-state index is 0.534. The third kappa shape index (κ3) is 1.62. The van der Waals surface area contributed by atoms with Gasteiger partial charge in [-0.25, -0.2) is 0 Å². The number of nitrogens with zero attached hydrogens (tertiary/aromatic N) is 1. The van der Waals surface area contributed by atoms with Crippen molar-refractivity contribution in [3.8, 4) is 0 Å². The van der Waals surface area contributed by atoms with E-state index in [1.165, 1.54) is 45.3 Å². The van der Waals surface area contributed by atoms with Gasteiger partial charge in [0.15, 0.2) is 0 Å². The number of likely N-dealkylation sites (tertiary alicyclic amines) is 1. The average molecular weight is 182 g/mol. The molecule has 2 aliphatic rings. The zero-order valence-electron chi connectivity index (χ0n) is 8.97. The largest absolute Gasteiger partial charge is 0.315 e. The first-order valence-corrected chi connectivity index (χ1v) is 5.72. The first kappa shape index (κ1) is 9.47. The Hall–Kier alpha value is -0.0800. The molecule has 0 aromatic heterocycles. The molecule has 1 spiro atoms. The summed E-state index contributed by atoms with van der Waals surface area (Å²) in [6.45, 7) is 8.45. The van der Waals surface area contributed by atoms with Gasteiger partial charge in [0.1, 0.15) is 0 Å². The maximum Gasteiger partial charge on any atom is 0.0337 e. The standard InChI is InChI=1S/C11H22N2/c1-10(2)13-8-4-6-11(13)5-3-7-12-9-11/h10,12H,3-9H2,1-2H3. The number of piperidine rings is 1. The summed E-state index contributed by atoms with van der Waals surface area (Å²) in [6, 6.07) is 0.724. The summed E-state index contributed by atoms with van der Waals surface area (Å²) in [6.07, 6.45) is 5.60. The van der Waals surface area contributed by atoms with Gasteiger partial charge in [-0.2, -0.15) is 0 Å². The lowest BCUT2D eigenvalue weighted by atomic mass is 9.87. The van der Waals surface area contributed by atoms with E-state index >= 15 is 0 Å². The Morgan fingerprint density at radius 3 is 2.62 bits per heavy atom. The van der Waals surface area contributed by atoms with E-state index in [9.17, 15) is 0 Å². The second-order valence-corrected chi connectivity index (χ2v) is 4.90. The van der Waals surface area contributed by atoms with Gasteiger partial charge in [0, 0.05) is 18.1 Å². The summed E-state index contributed by atoms with van der Waals surface area (Å²) in [5.74, 6) is 0. The second kappa shape index (κ2) is 3.58. The lowest BCUT2D eigenvalue weighted by Crippen LogP contribution is -2.56. The summed E-state index contributed by atoms with van der Waals surface area (Å²) in [7, 11) is 0. The van der Waals surface area contributed by atoms with Crippen LogP contribution in [0.25, 0.3) is 0 Å². The van der Waals surface area contributed by atoms with Crippen molar-refractivity contribution in [1.82, 2.24) is 10.2 Å². The van der Waals surface area contributed by atoms with E-state index in [1.54, 1.807) is 0 Å².